The fourth-order valence-corrected chi connectivity index (χ4v) is 7.96. The second kappa shape index (κ2) is 5.46. The van der Waals surface area contributed by atoms with Crippen LogP contribution in [0.15, 0.2) is 23.8 Å². The highest BCUT2D eigenvalue weighted by Crippen LogP contribution is 2.71. The Bertz CT molecular complexity index is 758. The zero-order valence-corrected chi connectivity index (χ0v) is 17.0. The Morgan fingerprint density at radius 3 is 2.62 bits per heavy atom. The predicted molar refractivity (Wildman–Crippen MR) is 102 cm³/mol. The Morgan fingerprint density at radius 1 is 1.27 bits per heavy atom. The minimum absolute atomic E-state index is 0.00906. The van der Waals surface area contributed by atoms with Gasteiger partial charge in [-0.25, -0.2) is 0 Å². The van der Waals surface area contributed by atoms with Gasteiger partial charge in [-0.2, -0.15) is 0 Å². The molecule has 3 nitrogen and oxygen atoms in total. The number of aliphatic hydroxyl groups is 1. The number of halogens is 2. The van der Waals surface area contributed by atoms with Crippen LogP contribution in [0, 0.1) is 22.7 Å². The summed E-state index contributed by atoms with van der Waals surface area (Å²) in [4.78, 5) is 23.5. The third-order valence-corrected chi connectivity index (χ3v) is 9.88. The van der Waals surface area contributed by atoms with Crippen LogP contribution in [0.2, 0.25) is 0 Å². The van der Waals surface area contributed by atoms with Gasteiger partial charge >= 0.3 is 0 Å². The van der Waals surface area contributed by atoms with Crippen molar-refractivity contribution in [1.29, 1.82) is 0 Å². The summed E-state index contributed by atoms with van der Waals surface area (Å²) in [6.45, 7) is 5.59. The SMILES string of the molecule is CC(=O)[C@@]1(O)CC[C@H]2[C@@H]3CCC4=CC(=O)C=C[C@]4(C)[C@@]3(Cl)C(Cl)C[C@@]21C. The molecule has 0 radical (unpaired) electrons. The number of carbonyl (C=O) groups excluding carboxylic acids is 2. The van der Waals surface area contributed by atoms with E-state index >= 15 is 0 Å². The number of alkyl halides is 2. The molecule has 1 N–H and O–H groups in total. The Hall–Kier alpha value is -0.640. The van der Waals surface area contributed by atoms with Gasteiger partial charge in [-0.15, -0.1) is 23.2 Å². The number of rotatable bonds is 1. The van der Waals surface area contributed by atoms with E-state index in [9.17, 15) is 14.7 Å². The van der Waals surface area contributed by atoms with Gasteiger partial charge < -0.3 is 5.11 Å². The van der Waals surface area contributed by atoms with Crippen molar-refractivity contribution in [2.75, 3.05) is 0 Å². The Morgan fingerprint density at radius 2 is 1.96 bits per heavy atom. The summed E-state index contributed by atoms with van der Waals surface area (Å²) in [6.07, 6.45) is 8.67. The van der Waals surface area contributed by atoms with Crippen LogP contribution in [0.25, 0.3) is 0 Å². The first-order valence-corrected chi connectivity index (χ1v) is 10.3. The van der Waals surface area contributed by atoms with Crippen molar-refractivity contribution in [3.8, 4) is 0 Å². The second-order valence-corrected chi connectivity index (χ2v) is 10.3. The smallest absolute Gasteiger partial charge is 0.178 e. The number of Topliss-reactive ketones (excluding diaryl/α,β-unsaturated/α-hetero) is 1. The molecular formula is C21H26Cl2O3. The molecule has 3 saturated carbocycles. The molecule has 142 valence electrons. The summed E-state index contributed by atoms with van der Waals surface area (Å²) in [5, 5.41) is 10.8. The molecular weight excluding hydrogens is 371 g/mol. The summed E-state index contributed by atoms with van der Waals surface area (Å²) >= 11 is 14.4. The Labute approximate surface area is 164 Å². The van der Waals surface area contributed by atoms with Gasteiger partial charge in [0.15, 0.2) is 11.6 Å². The first-order valence-electron chi connectivity index (χ1n) is 9.51. The van der Waals surface area contributed by atoms with Crippen LogP contribution in [0.3, 0.4) is 0 Å². The molecule has 0 heterocycles. The fraction of sp³-hybridized carbons (Fsp3) is 0.714. The molecule has 0 spiro atoms. The van der Waals surface area contributed by atoms with Crippen molar-refractivity contribution in [2.24, 2.45) is 22.7 Å². The van der Waals surface area contributed by atoms with Gasteiger partial charge in [0.2, 0.25) is 0 Å². The summed E-state index contributed by atoms with van der Waals surface area (Å²) in [5.41, 5.74) is -1.29. The topological polar surface area (TPSA) is 54.4 Å². The molecule has 0 aliphatic heterocycles. The lowest BCUT2D eigenvalue weighted by molar-refractivity contribution is -0.156. The number of ketones is 2. The van der Waals surface area contributed by atoms with Crippen molar-refractivity contribution in [3.05, 3.63) is 23.8 Å². The van der Waals surface area contributed by atoms with E-state index in [4.69, 9.17) is 23.2 Å². The molecule has 4 aliphatic rings. The van der Waals surface area contributed by atoms with Gasteiger partial charge in [-0.05, 0) is 63.0 Å². The molecule has 7 atom stereocenters. The second-order valence-electron chi connectivity index (χ2n) is 9.17. The third-order valence-electron chi connectivity index (χ3n) is 8.33. The zero-order chi connectivity index (χ0) is 19.1. The van der Waals surface area contributed by atoms with Crippen LogP contribution >= 0.6 is 23.2 Å². The van der Waals surface area contributed by atoms with Crippen molar-refractivity contribution < 1.29 is 14.7 Å². The number of hydrogen-bond donors (Lipinski definition) is 1. The van der Waals surface area contributed by atoms with Gasteiger partial charge in [-0.1, -0.05) is 25.5 Å². The first kappa shape index (κ1) is 18.7. The average molecular weight is 397 g/mol. The van der Waals surface area contributed by atoms with Gasteiger partial charge in [0, 0.05) is 10.8 Å². The molecule has 0 bridgehead atoms. The maximum Gasteiger partial charge on any atom is 0.178 e. The van der Waals surface area contributed by atoms with Crippen LogP contribution in [-0.2, 0) is 9.59 Å². The van der Waals surface area contributed by atoms with Crippen molar-refractivity contribution in [3.63, 3.8) is 0 Å². The molecule has 0 saturated heterocycles. The highest BCUT2D eigenvalue weighted by atomic mass is 35.5. The monoisotopic (exact) mass is 396 g/mol. The molecule has 0 amide bonds. The lowest BCUT2D eigenvalue weighted by Crippen LogP contribution is -2.67. The lowest BCUT2D eigenvalue weighted by Gasteiger charge is -2.63. The van der Waals surface area contributed by atoms with Crippen LogP contribution in [-0.4, -0.2) is 32.5 Å². The zero-order valence-electron chi connectivity index (χ0n) is 15.5. The number of allylic oxidation sites excluding steroid dienone is 4. The van der Waals surface area contributed by atoms with Crippen LogP contribution in [0.5, 0.6) is 0 Å². The molecule has 1 unspecified atom stereocenters. The van der Waals surface area contributed by atoms with E-state index in [1.54, 1.807) is 12.2 Å². The van der Waals surface area contributed by atoms with Crippen LogP contribution in [0.1, 0.15) is 52.9 Å². The number of fused-ring (bicyclic) bond motifs is 5. The minimum atomic E-state index is -1.32. The maximum absolute atomic E-state index is 12.3. The van der Waals surface area contributed by atoms with E-state index in [-0.39, 0.29) is 23.4 Å². The minimum Gasteiger partial charge on any atom is -0.382 e. The Kier molecular flexibility index (Phi) is 3.93. The molecule has 0 aromatic heterocycles. The van der Waals surface area contributed by atoms with E-state index in [1.807, 2.05) is 13.0 Å². The summed E-state index contributed by atoms with van der Waals surface area (Å²) < 4.78 is 0. The Balaban J connectivity index is 1.83. The third kappa shape index (κ3) is 1.95. The van der Waals surface area contributed by atoms with E-state index in [2.05, 4.69) is 6.92 Å². The molecule has 0 aromatic carbocycles. The lowest BCUT2D eigenvalue weighted by atomic mass is 9.46. The van der Waals surface area contributed by atoms with E-state index < -0.39 is 26.7 Å². The summed E-state index contributed by atoms with van der Waals surface area (Å²) in [5.74, 6) is 0.0843. The van der Waals surface area contributed by atoms with E-state index in [1.165, 1.54) is 6.92 Å². The maximum atomic E-state index is 12.3. The standard InChI is InChI=1S/C21H26Cl2O3/c1-12(24)20(26)9-7-15-16-5-4-13-10-14(25)6-8-18(13,2)21(16,23)17(22)11-19(15,20)3/h6,8,10,15-17,26H,4-5,7,9,11H2,1-3H3/t15-,16-,17?,18-,19-,20-,21-/m0/s1. The van der Waals surface area contributed by atoms with Crippen LogP contribution < -0.4 is 0 Å². The highest BCUT2D eigenvalue weighted by molar-refractivity contribution is 6.34. The normalized spacial score (nSPS) is 52.8. The van der Waals surface area contributed by atoms with Gasteiger partial charge in [-0.3, -0.25) is 9.59 Å². The van der Waals surface area contributed by atoms with E-state index in [0.29, 0.717) is 12.8 Å². The largest absolute Gasteiger partial charge is 0.382 e. The van der Waals surface area contributed by atoms with Gasteiger partial charge in [0.25, 0.3) is 0 Å². The molecule has 26 heavy (non-hydrogen) atoms. The summed E-state index contributed by atoms with van der Waals surface area (Å²) in [7, 11) is 0. The van der Waals surface area contributed by atoms with Gasteiger partial charge in [0.05, 0.1) is 10.3 Å². The van der Waals surface area contributed by atoms with Crippen molar-refractivity contribution in [2.45, 2.75) is 68.7 Å². The average Bonchev–Trinajstić information content (AvgIpc) is 2.83. The molecule has 4 aliphatic carbocycles. The predicted octanol–water partition coefficient (Wildman–Crippen LogP) is 4.19. The fourth-order valence-electron chi connectivity index (χ4n) is 6.73. The molecule has 4 rings (SSSR count). The number of hydrogen-bond acceptors (Lipinski definition) is 3. The van der Waals surface area contributed by atoms with E-state index in [0.717, 1.165) is 24.8 Å². The molecule has 5 heteroatoms. The molecule has 0 aromatic rings. The van der Waals surface area contributed by atoms with Crippen LogP contribution in [0.4, 0.5) is 0 Å². The van der Waals surface area contributed by atoms with Gasteiger partial charge in [0.1, 0.15) is 5.60 Å². The first-order chi connectivity index (χ1) is 12.0. The number of carbonyl (C=O) groups is 2. The van der Waals surface area contributed by atoms with Crippen molar-refractivity contribution >= 4 is 34.8 Å². The molecule has 3 fully saturated rings. The quantitative estimate of drug-likeness (QED) is 0.675. The summed E-state index contributed by atoms with van der Waals surface area (Å²) in [6, 6.07) is 0. The highest BCUT2D eigenvalue weighted by Gasteiger charge is 2.72. The van der Waals surface area contributed by atoms with Crippen molar-refractivity contribution in [1.82, 2.24) is 0 Å².